The summed E-state index contributed by atoms with van der Waals surface area (Å²) < 4.78 is 0. The van der Waals surface area contributed by atoms with Gasteiger partial charge in [-0.05, 0) is 39.0 Å². The highest BCUT2D eigenvalue weighted by Gasteiger charge is 1.93. The van der Waals surface area contributed by atoms with Crippen LogP contribution in [0.1, 0.15) is 78.1 Å². The molecule has 0 atom stereocenters. The Kier molecular flexibility index (Phi) is 16.8. The van der Waals surface area contributed by atoms with E-state index in [2.05, 4.69) is 24.5 Å². The molecular weight excluding hydrogens is 220 g/mol. The van der Waals surface area contributed by atoms with Gasteiger partial charge >= 0.3 is 0 Å². The normalized spacial score (nSPS) is 11.0. The fourth-order valence-corrected chi connectivity index (χ4v) is 2.27. The molecule has 0 fully saturated rings. The monoisotopic (exact) mass is 256 g/mol. The molecule has 0 amide bonds. The van der Waals surface area contributed by atoms with Crippen molar-refractivity contribution in [3.05, 3.63) is 0 Å². The van der Waals surface area contributed by atoms with E-state index < -0.39 is 0 Å². The van der Waals surface area contributed by atoms with E-state index in [0.717, 1.165) is 13.1 Å². The highest BCUT2D eigenvalue weighted by molar-refractivity contribution is 4.50. The molecule has 0 rings (SSSR count). The Morgan fingerprint density at radius 3 is 1.00 bits per heavy atom. The third-order valence-electron chi connectivity index (χ3n) is 3.46. The topological polar surface area (TPSA) is 24.1 Å². The first-order valence-corrected chi connectivity index (χ1v) is 8.33. The van der Waals surface area contributed by atoms with E-state index in [1.54, 1.807) is 0 Å². The first-order chi connectivity index (χ1) is 8.91. The van der Waals surface area contributed by atoms with E-state index >= 15 is 0 Å². The minimum absolute atomic E-state index is 1.12. The summed E-state index contributed by atoms with van der Waals surface area (Å²) in [5, 5.41) is 6.77. The summed E-state index contributed by atoms with van der Waals surface area (Å²) in [7, 11) is 0. The van der Waals surface area contributed by atoms with Crippen molar-refractivity contribution in [3.8, 4) is 0 Å². The minimum atomic E-state index is 1.12. The first-order valence-electron chi connectivity index (χ1n) is 8.33. The quantitative estimate of drug-likeness (QED) is 0.431. The Bertz CT molecular complexity index is 121. The van der Waals surface area contributed by atoms with Gasteiger partial charge in [0.1, 0.15) is 0 Å². The molecule has 0 saturated carbocycles. The highest BCUT2D eigenvalue weighted by Crippen LogP contribution is 2.10. The van der Waals surface area contributed by atoms with E-state index in [4.69, 9.17) is 0 Å². The predicted molar refractivity (Wildman–Crippen MR) is 83.3 cm³/mol. The Morgan fingerprint density at radius 1 is 0.444 bits per heavy atom. The molecule has 0 aromatic rings. The summed E-state index contributed by atoms with van der Waals surface area (Å²) in [6, 6.07) is 0. The average Bonchev–Trinajstić information content (AvgIpc) is 2.39. The number of hydrogen-bond acceptors (Lipinski definition) is 2. The molecule has 2 heteroatoms. The summed E-state index contributed by atoms with van der Waals surface area (Å²) in [4.78, 5) is 0. The van der Waals surface area contributed by atoms with Gasteiger partial charge in [-0.2, -0.15) is 0 Å². The van der Waals surface area contributed by atoms with Gasteiger partial charge in [0.2, 0.25) is 0 Å². The van der Waals surface area contributed by atoms with Crippen molar-refractivity contribution >= 4 is 0 Å². The second kappa shape index (κ2) is 16.9. The van der Waals surface area contributed by atoms with Crippen LogP contribution < -0.4 is 10.6 Å². The summed E-state index contributed by atoms with van der Waals surface area (Å²) in [5.74, 6) is 0. The van der Waals surface area contributed by atoms with Crippen LogP contribution in [-0.2, 0) is 0 Å². The smallest absolute Gasteiger partial charge is 0.00490 e. The van der Waals surface area contributed by atoms with Crippen molar-refractivity contribution in [2.75, 3.05) is 26.2 Å². The van der Waals surface area contributed by atoms with E-state index in [9.17, 15) is 0 Å². The third-order valence-corrected chi connectivity index (χ3v) is 3.46. The fraction of sp³-hybridized carbons (Fsp3) is 1.00. The maximum absolute atomic E-state index is 3.38. The van der Waals surface area contributed by atoms with Crippen molar-refractivity contribution < 1.29 is 0 Å². The highest BCUT2D eigenvalue weighted by atomic mass is 14.8. The summed E-state index contributed by atoms with van der Waals surface area (Å²) in [6.07, 6.45) is 14.2. The van der Waals surface area contributed by atoms with Crippen LogP contribution in [0, 0.1) is 0 Å². The Balaban J connectivity index is 2.86. The van der Waals surface area contributed by atoms with Crippen molar-refractivity contribution in [1.29, 1.82) is 0 Å². The van der Waals surface area contributed by atoms with Crippen LogP contribution in [0.25, 0.3) is 0 Å². The van der Waals surface area contributed by atoms with Crippen LogP contribution >= 0.6 is 0 Å². The molecule has 0 bridgehead atoms. The molecular formula is C16H36N2. The number of nitrogens with one attached hydrogen (secondary N) is 2. The fourth-order valence-electron chi connectivity index (χ4n) is 2.27. The molecule has 2 N–H and O–H groups in total. The third kappa shape index (κ3) is 15.9. The largest absolute Gasteiger partial charge is 0.317 e. The summed E-state index contributed by atoms with van der Waals surface area (Å²) in [6.45, 7) is 9.02. The van der Waals surface area contributed by atoms with Gasteiger partial charge in [-0.3, -0.25) is 0 Å². The molecule has 0 aromatic carbocycles. The molecule has 0 saturated heterocycles. The lowest BCUT2D eigenvalue weighted by Crippen LogP contribution is -2.13. The molecule has 0 unspecified atom stereocenters. The molecule has 0 spiro atoms. The van der Waals surface area contributed by atoms with Gasteiger partial charge in [-0.25, -0.2) is 0 Å². The number of rotatable bonds is 15. The predicted octanol–water partition coefficient (Wildman–Crippen LogP) is 4.11. The molecule has 110 valence electrons. The van der Waals surface area contributed by atoms with Crippen LogP contribution in [-0.4, -0.2) is 26.2 Å². The van der Waals surface area contributed by atoms with Crippen molar-refractivity contribution in [1.82, 2.24) is 10.6 Å². The molecule has 18 heavy (non-hydrogen) atoms. The SMILES string of the molecule is CCNCCCCCCCCCCCCNCC. The van der Waals surface area contributed by atoms with Gasteiger partial charge in [0.15, 0.2) is 0 Å². The molecule has 2 nitrogen and oxygen atoms in total. The lowest BCUT2D eigenvalue weighted by Gasteiger charge is -2.04. The van der Waals surface area contributed by atoms with E-state index in [1.165, 1.54) is 77.3 Å². The van der Waals surface area contributed by atoms with E-state index in [0.29, 0.717) is 0 Å². The second-order valence-corrected chi connectivity index (χ2v) is 5.24. The Morgan fingerprint density at radius 2 is 0.722 bits per heavy atom. The summed E-state index contributed by atoms with van der Waals surface area (Å²) in [5.41, 5.74) is 0. The van der Waals surface area contributed by atoms with E-state index in [1.807, 2.05) is 0 Å². The zero-order chi connectivity index (χ0) is 13.3. The van der Waals surface area contributed by atoms with Crippen molar-refractivity contribution in [2.24, 2.45) is 0 Å². The van der Waals surface area contributed by atoms with Gasteiger partial charge in [0, 0.05) is 0 Å². The van der Waals surface area contributed by atoms with Crippen molar-refractivity contribution in [2.45, 2.75) is 78.1 Å². The molecule has 0 heterocycles. The number of hydrogen-bond donors (Lipinski definition) is 2. The molecule has 0 aliphatic heterocycles. The lowest BCUT2D eigenvalue weighted by atomic mass is 10.1. The lowest BCUT2D eigenvalue weighted by molar-refractivity contribution is 0.537. The zero-order valence-electron chi connectivity index (χ0n) is 12.9. The Hall–Kier alpha value is -0.0800. The van der Waals surface area contributed by atoms with Crippen LogP contribution in [0.5, 0.6) is 0 Å². The van der Waals surface area contributed by atoms with Gasteiger partial charge in [-0.15, -0.1) is 0 Å². The standard InChI is InChI=1S/C16H36N2/c1-3-17-15-13-11-9-7-5-6-8-10-12-14-16-18-4-2/h17-18H,3-16H2,1-2H3. The molecule has 0 aromatic heterocycles. The van der Waals surface area contributed by atoms with Crippen LogP contribution in [0.2, 0.25) is 0 Å². The second-order valence-electron chi connectivity index (χ2n) is 5.24. The maximum atomic E-state index is 3.38. The Labute approximate surface area is 115 Å². The van der Waals surface area contributed by atoms with Gasteiger partial charge in [0.05, 0.1) is 0 Å². The van der Waals surface area contributed by atoms with Gasteiger partial charge < -0.3 is 10.6 Å². The van der Waals surface area contributed by atoms with Gasteiger partial charge in [-0.1, -0.05) is 65.2 Å². The van der Waals surface area contributed by atoms with Crippen LogP contribution in [0.3, 0.4) is 0 Å². The summed E-state index contributed by atoms with van der Waals surface area (Å²) >= 11 is 0. The zero-order valence-corrected chi connectivity index (χ0v) is 12.9. The average molecular weight is 256 g/mol. The molecule has 0 aliphatic rings. The van der Waals surface area contributed by atoms with E-state index in [-0.39, 0.29) is 0 Å². The van der Waals surface area contributed by atoms with Crippen LogP contribution in [0.15, 0.2) is 0 Å². The van der Waals surface area contributed by atoms with Gasteiger partial charge in [0.25, 0.3) is 0 Å². The first kappa shape index (κ1) is 17.9. The minimum Gasteiger partial charge on any atom is -0.317 e. The molecule has 0 radical (unpaired) electrons. The van der Waals surface area contributed by atoms with Crippen molar-refractivity contribution in [3.63, 3.8) is 0 Å². The maximum Gasteiger partial charge on any atom is -0.00490 e. The van der Waals surface area contributed by atoms with Crippen LogP contribution in [0.4, 0.5) is 0 Å². The molecule has 0 aliphatic carbocycles. The number of unbranched alkanes of at least 4 members (excludes halogenated alkanes) is 9.